The van der Waals surface area contributed by atoms with E-state index in [0.717, 1.165) is 37.8 Å². The molecule has 1 aromatic rings. The lowest BCUT2D eigenvalue weighted by molar-refractivity contribution is -0.153. The summed E-state index contributed by atoms with van der Waals surface area (Å²) >= 11 is 0. The van der Waals surface area contributed by atoms with Crippen molar-refractivity contribution in [2.45, 2.75) is 37.7 Å². The number of alkyl halides is 3. The van der Waals surface area contributed by atoms with Gasteiger partial charge in [0.15, 0.2) is 6.61 Å². The third kappa shape index (κ3) is 5.65. The lowest BCUT2D eigenvalue weighted by atomic mass is 10.2. The Kier molecular flexibility index (Phi) is 5.63. The monoisotopic (exact) mass is 344 g/mol. The number of benzene rings is 1. The second-order valence-corrected chi connectivity index (χ2v) is 6.40. The van der Waals surface area contributed by atoms with Crippen LogP contribution in [0.3, 0.4) is 0 Å². The van der Waals surface area contributed by atoms with Gasteiger partial charge in [0, 0.05) is 32.2 Å². The first kappa shape index (κ1) is 17.5. The van der Waals surface area contributed by atoms with Crippen molar-refractivity contribution >= 4 is 0 Å². The van der Waals surface area contributed by atoms with Gasteiger partial charge in [0.1, 0.15) is 5.75 Å². The Bertz CT molecular complexity index is 518. The van der Waals surface area contributed by atoms with Crippen molar-refractivity contribution in [3.63, 3.8) is 0 Å². The highest BCUT2D eigenvalue weighted by atomic mass is 19.4. The predicted octanol–water partition coefficient (Wildman–Crippen LogP) is 2.58. The summed E-state index contributed by atoms with van der Waals surface area (Å²) in [5, 5.41) is 3.35. The summed E-state index contributed by atoms with van der Waals surface area (Å²) in [4.78, 5) is 2.50. The van der Waals surface area contributed by atoms with Crippen molar-refractivity contribution in [2.75, 3.05) is 32.8 Å². The Morgan fingerprint density at radius 2 is 1.96 bits per heavy atom. The molecule has 134 valence electrons. The Labute approximate surface area is 139 Å². The minimum atomic E-state index is -4.31. The minimum absolute atomic E-state index is 0.203. The van der Waals surface area contributed by atoms with E-state index < -0.39 is 12.8 Å². The third-order valence-electron chi connectivity index (χ3n) is 4.26. The molecular formula is C17H23F3N2O2. The maximum absolute atomic E-state index is 12.1. The Morgan fingerprint density at radius 1 is 1.21 bits per heavy atom. The molecule has 0 amide bonds. The van der Waals surface area contributed by atoms with Crippen molar-refractivity contribution in [3.05, 3.63) is 29.8 Å². The van der Waals surface area contributed by atoms with Gasteiger partial charge in [-0.3, -0.25) is 4.90 Å². The van der Waals surface area contributed by atoms with Crippen LogP contribution in [-0.4, -0.2) is 56.1 Å². The first-order chi connectivity index (χ1) is 11.5. The summed E-state index contributed by atoms with van der Waals surface area (Å²) in [6, 6.07) is 7.44. The molecule has 4 nitrogen and oxygen atoms in total. The molecule has 2 fully saturated rings. The van der Waals surface area contributed by atoms with E-state index in [2.05, 4.69) is 10.2 Å². The van der Waals surface area contributed by atoms with Gasteiger partial charge in [-0.15, -0.1) is 0 Å². The van der Waals surface area contributed by atoms with Crippen molar-refractivity contribution in [3.8, 4) is 5.75 Å². The molecule has 1 N–H and O–H groups in total. The number of morpholine rings is 1. The first-order valence-corrected chi connectivity index (χ1v) is 8.34. The maximum Gasteiger partial charge on any atom is 0.422 e. The number of ether oxygens (including phenoxy) is 2. The molecule has 0 spiro atoms. The fraction of sp³-hybridized carbons (Fsp3) is 0.647. The predicted molar refractivity (Wildman–Crippen MR) is 84.0 cm³/mol. The number of nitrogens with one attached hydrogen (secondary N) is 1. The summed E-state index contributed by atoms with van der Waals surface area (Å²) in [7, 11) is 0. The fourth-order valence-electron chi connectivity index (χ4n) is 2.88. The summed E-state index contributed by atoms with van der Waals surface area (Å²) in [6.45, 7) is 2.95. The van der Waals surface area contributed by atoms with Gasteiger partial charge in [0.2, 0.25) is 0 Å². The molecule has 1 heterocycles. The minimum Gasteiger partial charge on any atom is -0.484 e. The molecule has 1 aliphatic carbocycles. The van der Waals surface area contributed by atoms with Crippen LogP contribution in [0.1, 0.15) is 18.4 Å². The average Bonchev–Trinajstić information content (AvgIpc) is 3.39. The quantitative estimate of drug-likeness (QED) is 0.824. The lowest BCUT2D eigenvalue weighted by Crippen LogP contribution is -2.47. The van der Waals surface area contributed by atoms with Crippen LogP contribution in [-0.2, 0) is 11.3 Å². The van der Waals surface area contributed by atoms with Crippen LogP contribution in [0.15, 0.2) is 24.3 Å². The van der Waals surface area contributed by atoms with Crippen LogP contribution in [0, 0.1) is 0 Å². The van der Waals surface area contributed by atoms with E-state index in [-0.39, 0.29) is 11.9 Å². The molecule has 0 radical (unpaired) electrons. The van der Waals surface area contributed by atoms with Gasteiger partial charge < -0.3 is 14.8 Å². The van der Waals surface area contributed by atoms with Crippen LogP contribution < -0.4 is 10.1 Å². The molecule has 0 bridgehead atoms. The van der Waals surface area contributed by atoms with E-state index in [9.17, 15) is 13.2 Å². The second kappa shape index (κ2) is 7.72. The van der Waals surface area contributed by atoms with Crippen LogP contribution in [0.25, 0.3) is 0 Å². The van der Waals surface area contributed by atoms with E-state index in [0.29, 0.717) is 6.54 Å². The average molecular weight is 344 g/mol. The topological polar surface area (TPSA) is 33.7 Å². The molecule has 0 unspecified atom stereocenters. The zero-order chi connectivity index (χ0) is 17.0. The number of hydrogen-bond donors (Lipinski definition) is 1. The van der Waals surface area contributed by atoms with Crippen molar-refractivity contribution in [1.29, 1.82) is 0 Å². The third-order valence-corrected chi connectivity index (χ3v) is 4.26. The number of halogens is 3. The van der Waals surface area contributed by atoms with Gasteiger partial charge in [0.05, 0.1) is 12.7 Å². The lowest BCUT2D eigenvalue weighted by Gasteiger charge is -2.33. The highest BCUT2D eigenvalue weighted by molar-refractivity contribution is 5.27. The van der Waals surface area contributed by atoms with E-state index in [1.807, 2.05) is 0 Å². The number of rotatable bonds is 7. The van der Waals surface area contributed by atoms with Crippen molar-refractivity contribution < 1.29 is 22.6 Å². The molecule has 0 aromatic heterocycles. The molecule has 7 heteroatoms. The van der Waals surface area contributed by atoms with Crippen LogP contribution in [0.2, 0.25) is 0 Å². The normalized spacial score (nSPS) is 22.5. The number of nitrogens with zero attached hydrogens (tertiary/aromatic N) is 1. The van der Waals surface area contributed by atoms with Gasteiger partial charge in [-0.2, -0.15) is 13.2 Å². The maximum atomic E-state index is 12.1. The molecule has 1 saturated heterocycles. The fourth-order valence-corrected chi connectivity index (χ4v) is 2.88. The van der Waals surface area contributed by atoms with Gasteiger partial charge >= 0.3 is 6.18 Å². The van der Waals surface area contributed by atoms with E-state index in [1.54, 1.807) is 24.3 Å². The Morgan fingerprint density at radius 3 is 2.62 bits per heavy atom. The Balaban J connectivity index is 1.37. The van der Waals surface area contributed by atoms with Crippen LogP contribution >= 0.6 is 0 Å². The summed E-state index contributed by atoms with van der Waals surface area (Å²) in [6.07, 6.45) is -1.49. The first-order valence-electron chi connectivity index (χ1n) is 8.34. The standard InChI is InChI=1S/C17H23F3N2O2/c18-17(19,20)12-24-15-5-1-13(2-6-15)9-21-10-16-11-22(7-8-23-16)14-3-4-14/h1-2,5-6,14,16,21H,3-4,7-12H2/t16-/m0/s1. The van der Waals surface area contributed by atoms with Crippen LogP contribution in [0.5, 0.6) is 5.75 Å². The molecule has 1 atom stereocenters. The summed E-state index contributed by atoms with van der Waals surface area (Å²) in [5.74, 6) is 0.228. The van der Waals surface area contributed by atoms with Gasteiger partial charge in [0.25, 0.3) is 0 Å². The molecule has 1 saturated carbocycles. The van der Waals surface area contributed by atoms with E-state index >= 15 is 0 Å². The summed E-state index contributed by atoms with van der Waals surface area (Å²) < 4.78 is 46.8. The molecule has 1 aliphatic heterocycles. The van der Waals surface area contributed by atoms with Gasteiger partial charge in [-0.1, -0.05) is 12.1 Å². The van der Waals surface area contributed by atoms with Crippen molar-refractivity contribution in [2.24, 2.45) is 0 Å². The number of hydrogen-bond acceptors (Lipinski definition) is 4. The highest BCUT2D eigenvalue weighted by Gasteiger charge is 2.32. The summed E-state index contributed by atoms with van der Waals surface area (Å²) in [5.41, 5.74) is 1.00. The van der Waals surface area contributed by atoms with Gasteiger partial charge in [-0.05, 0) is 30.5 Å². The largest absolute Gasteiger partial charge is 0.484 e. The van der Waals surface area contributed by atoms with Crippen LogP contribution in [0.4, 0.5) is 13.2 Å². The Hall–Kier alpha value is -1.31. The SMILES string of the molecule is FC(F)(F)COc1ccc(CNC[C@H]2CN(C3CC3)CCO2)cc1. The second-order valence-electron chi connectivity index (χ2n) is 6.40. The smallest absolute Gasteiger partial charge is 0.422 e. The highest BCUT2D eigenvalue weighted by Crippen LogP contribution is 2.28. The molecule has 1 aromatic carbocycles. The molecular weight excluding hydrogens is 321 g/mol. The van der Waals surface area contributed by atoms with E-state index in [1.165, 1.54) is 12.8 Å². The van der Waals surface area contributed by atoms with Crippen molar-refractivity contribution in [1.82, 2.24) is 10.2 Å². The molecule has 24 heavy (non-hydrogen) atoms. The van der Waals surface area contributed by atoms with E-state index in [4.69, 9.17) is 9.47 Å². The zero-order valence-electron chi connectivity index (χ0n) is 13.5. The zero-order valence-corrected chi connectivity index (χ0v) is 13.5. The van der Waals surface area contributed by atoms with Gasteiger partial charge in [-0.25, -0.2) is 0 Å². The molecule has 3 rings (SSSR count). The molecule has 2 aliphatic rings.